The molecule has 2 aromatic rings. The van der Waals surface area contributed by atoms with Gasteiger partial charge in [-0.25, -0.2) is 4.98 Å². The fraction of sp³-hybridized carbons (Fsp3) is 0.455. The smallest absolute Gasteiger partial charge is 0.0993 e. The molecule has 0 saturated carbocycles. The van der Waals surface area contributed by atoms with E-state index in [1.54, 1.807) is 0 Å². The summed E-state index contributed by atoms with van der Waals surface area (Å²) in [4.78, 5) is 8.47. The van der Waals surface area contributed by atoms with E-state index in [0.717, 1.165) is 17.6 Å². The molecule has 14 heavy (non-hydrogen) atoms. The summed E-state index contributed by atoms with van der Waals surface area (Å²) in [5.41, 5.74) is 2.44. The Balaban J connectivity index is 2.35. The quantitative estimate of drug-likeness (QED) is 0.689. The molecule has 0 saturated heterocycles. The van der Waals surface area contributed by atoms with E-state index < -0.39 is 0 Å². The number of nitrogens with zero attached hydrogens (tertiary/aromatic N) is 3. The summed E-state index contributed by atoms with van der Waals surface area (Å²) in [5.74, 6) is 0. The fourth-order valence-electron chi connectivity index (χ4n) is 1.50. The monoisotopic (exact) mass is 189 g/mol. The van der Waals surface area contributed by atoms with Crippen molar-refractivity contribution in [3.05, 3.63) is 30.6 Å². The van der Waals surface area contributed by atoms with Gasteiger partial charge in [0, 0.05) is 6.20 Å². The molecule has 0 fully saturated rings. The van der Waals surface area contributed by atoms with Crippen LogP contribution >= 0.6 is 0 Å². The topological polar surface area (TPSA) is 30.2 Å². The fourth-order valence-corrected chi connectivity index (χ4v) is 1.50. The molecule has 0 aliphatic rings. The first-order chi connectivity index (χ1) is 6.54. The van der Waals surface area contributed by atoms with Crippen LogP contribution in [0.25, 0.3) is 5.52 Å². The van der Waals surface area contributed by atoms with Gasteiger partial charge in [-0.2, -0.15) is 0 Å². The predicted octanol–water partition coefficient (Wildman–Crippen LogP) is 2.32. The third kappa shape index (κ3) is 1.92. The van der Waals surface area contributed by atoms with Gasteiger partial charge < -0.3 is 4.40 Å². The molecule has 2 aromatic heterocycles. The molecule has 0 amide bonds. The second kappa shape index (κ2) is 3.08. The Morgan fingerprint density at radius 2 is 2.07 bits per heavy atom. The highest BCUT2D eigenvalue weighted by atomic mass is 15.0. The first kappa shape index (κ1) is 9.19. The summed E-state index contributed by atoms with van der Waals surface area (Å²) >= 11 is 0. The van der Waals surface area contributed by atoms with E-state index in [1.807, 2.05) is 29.3 Å². The molecule has 0 unspecified atom stereocenters. The molecule has 0 aliphatic heterocycles. The summed E-state index contributed by atoms with van der Waals surface area (Å²) in [7, 11) is 0. The van der Waals surface area contributed by atoms with E-state index in [0.29, 0.717) is 0 Å². The van der Waals surface area contributed by atoms with Crippen molar-refractivity contribution >= 4 is 5.52 Å². The number of hydrogen-bond acceptors (Lipinski definition) is 2. The lowest BCUT2D eigenvalue weighted by Gasteiger charge is -2.17. The average molecular weight is 189 g/mol. The zero-order chi connectivity index (χ0) is 10.2. The third-order valence-corrected chi connectivity index (χ3v) is 2.06. The van der Waals surface area contributed by atoms with Crippen molar-refractivity contribution in [3.63, 3.8) is 0 Å². The molecule has 2 heterocycles. The van der Waals surface area contributed by atoms with E-state index in [2.05, 4.69) is 30.7 Å². The van der Waals surface area contributed by atoms with E-state index in [9.17, 15) is 0 Å². The van der Waals surface area contributed by atoms with Crippen molar-refractivity contribution in [2.75, 3.05) is 0 Å². The van der Waals surface area contributed by atoms with Gasteiger partial charge in [0.25, 0.3) is 0 Å². The van der Waals surface area contributed by atoms with E-state index in [-0.39, 0.29) is 5.41 Å². The van der Waals surface area contributed by atoms with Crippen LogP contribution in [0.5, 0.6) is 0 Å². The van der Waals surface area contributed by atoms with Crippen molar-refractivity contribution in [3.8, 4) is 0 Å². The predicted molar refractivity (Wildman–Crippen MR) is 56.1 cm³/mol. The summed E-state index contributed by atoms with van der Waals surface area (Å²) in [6.07, 6.45) is 8.53. The molecule has 3 nitrogen and oxygen atoms in total. The van der Waals surface area contributed by atoms with Crippen LogP contribution in [-0.2, 0) is 6.42 Å². The highest BCUT2D eigenvalue weighted by Gasteiger charge is 2.12. The minimum Gasteiger partial charge on any atom is -0.303 e. The van der Waals surface area contributed by atoms with Crippen LogP contribution in [0.4, 0.5) is 0 Å². The van der Waals surface area contributed by atoms with Gasteiger partial charge in [-0.05, 0) is 11.8 Å². The van der Waals surface area contributed by atoms with Crippen molar-refractivity contribution in [2.24, 2.45) is 5.41 Å². The molecule has 0 N–H and O–H groups in total. The van der Waals surface area contributed by atoms with Crippen molar-refractivity contribution < 1.29 is 0 Å². The number of aromatic nitrogens is 3. The van der Waals surface area contributed by atoms with Gasteiger partial charge >= 0.3 is 0 Å². The average Bonchev–Trinajstić information content (AvgIpc) is 2.47. The zero-order valence-corrected chi connectivity index (χ0v) is 8.86. The van der Waals surface area contributed by atoms with Gasteiger partial charge in [-0.15, -0.1) is 0 Å². The lowest BCUT2D eigenvalue weighted by molar-refractivity contribution is 0.405. The van der Waals surface area contributed by atoms with Crippen LogP contribution in [0, 0.1) is 5.41 Å². The lowest BCUT2D eigenvalue weighted by Crippen LogP contribution is -2.10. The van der Waals surface area contributed by atoms with Crippen molar-refractivity contribution in [2.45, 2.75) is 27.2 Å². The maximum absolute atomic E-state index is 4.40. The maximum atomic E-state index is 4.40. The largest absolute Gasteiger partial charge is 0.303 e. The van der Waals surface area contributed by atoms with Gasteiger partial charge in [0.2, 0.25) is 0 Å². The minimum atomic E-state index is 0.279. The van der Waals surface area contributed by atoms with Crippen LogP contribution in [0.2, 0.25) is 0 Å². The molecule has 0 spiro atoms. The van der Waals surface area contributed by atoms with Crippen LogP contribution in [0.3, 0.4) is 0 Å². The highest BCUT2D eigenvalue weighted by molar-refractivity contribution is 5.41. The van der Waals surface area contributed by atoms with Gasteiger partial charge in [-0.1, -0.05) is 20.8 Å². The second-order valence-corrected chi connectivity index (χ2v) is 4.84. The first-order valence-electron chi connectivity index (χ1n) is 4.81. The number of hydrogen-bond donors (Lipinski definition) is 0. The zero-order valence-electron chi connectivity index (χ0n) is 8.86. The highest BCUT2D eigenvalue weighted by Crippen LogP contribution is 2.19. The van der Waals surface area contributed by atoms with Gasteiger partial charge in [0.1, 0.15) is 0 Å². The molecule has 0 atom stereocenters. The molecule has 0 bridgehead atoms. The van der Waals surface area contributed by atoms with E-state index in [1.165, 1.54) is 0 Å². The molecule has 74 valence electrons. The SMILES string of the molecule is CC(C)(C)Cc1cn2cncc2cn1. The second-order valence-electron chi connectivity index (χ2n) is 4.84. The Kier molecular flexibility index (Phi) is 2.02. The van der Waals surface area contributed by atoms with Crippen LogP contribution in [0.15, 0.2) is 24.9 Å². The molecule has 0 radical (unpaired) electrons. The normalized spacial score (nSPS) is 12.2. The third-order valence-electron chi connectivity index (χ3n) is 2.06. The Hall–Kier alpha value is -1.38. The van der Waals surface area contributed by atoms with Crippen molar-refractivity contribution in [1.82, 2.24) is 14.4 Å². The summed E-state index contributed by atoms with van der Waals surface area (Å²) < 4.78 is 2.01. The van der Waals surface area contributed by atoms with Crippen LogP contribution in [0.1, 0.15) is 26.5 Å². The Morgan fingerprint density at radius 1 is 1.29 bits per heavy atom. The van der Waals surface area contributed by atoms with E-state index >= 15 is 0 Å². The maximum Gasteiger partial charge on any atom is 0.0993 e. The van der Waals surface area contributed by atoms with Gasteiger partial charge in [0.15, 0.2) is 0 Å². The van der Waals surface area contributed by atoms with Crippen molar-refractivity contribution in [1.29, 1.82) is 0 Å². The molecule has 0 aliphatic carbocycles. The van der Waals surface area contributed by atoms with Gasteiger partial charge in [-0.3, -0.25) is 4.98 Å². The molecule has 3 heteroatoms. The summed E-state index contributed by atoms with van der Waals surface area (Å²) in [5, 5.41) is 0. The Labute approximate surface area is 83.8 Å². The molecule has 0 aromatic carbocycles. The lowest BCUT2D eigenvalue weighted by atomic mass is 9.91. The molecular weight excluding hydrogens is 174 g/mol. The van der Waals surface area contributed by atoms with Crippen LogP contribution < -0.4 is 0 Å². The first-order valence-corrected chi connectivity index (χ1v) is 4.81. The van der Waals surface area contributed by atoms with E-state index in [4.69, 9.17) is 0 Å². The minimum absolute atomic E-state index is 0.279. The summed E-state index contributed by atoms with van der Waals surface area (Å²) in [6, 6.07) is 0. The summed E-state index contributed by atoms with van der Waals surface area (Å²) in [6.45, 7) is 6.65. The number of imidazole rings is 1. The van der Waals surface area contributed by atoms with Crippen LogP contribution in [-0.4, -0.2) is 14.4 Å². The standard InChI is InChI=1S/C11H15N3/c1-11(2,3)4-9-7-14-8-12-5-10(14)6-13-9/h5-8H,4H2,1-3H3. The number of fused-ring (bicyclic) bond motifs is 1. The molecular formula is C11H15N3. The Bertz CT molecular complexity index is 437. The van der Waals surface area contributed by atoms with Gasteiger partial charge in [0.05, 0.1) is 29.9 Å². The Morgan fingerprint density at radius 3 is 2.79 bits per heavy atom. The number of rotatable bonds is 1. The molecule has 2 rings (SSSR count).